The Morgan fingerprint density at radius 3 is 2.15 bits per heavy atom. The highest BCUT2D eigenvalue weighted by Crippen LogP contribution is 2.23. The molecular weight excluding hydrogens is 203 g/mol. The molecule has 1 aromatic carbocycles. The van der Waals surface area contributed by atoms with E-state index in [1.54, 1.807) is 18.2 Å². The molecule has 0 aliphatic heterocycles. The molecule has 70 valence electrons. The van der Waals surface area contributed by atoms with Gasteiger partial charge in [0.2, 0.25) is 5.17 Å². The molecule has 0 atom stereocenters. The smallest absolute Gasteiger partial charge is 0.232 e. The van der Waals surface area contributed by atoms with Crippen LogP contribution in [0.4, 0.5) is 18.9 Å². The Balaban J connectivity index is 2.90. The van der Waals surface area contributed by atoms with Crippen molar-refractivity contribution in [3.8, 4) is 0 Å². The number of rotatable bonds is 1. The van der Waals surface area contributed by atoms with E-state index in [4.69, 9.17) is 11.6 Å². The molecule has 0 spiro atoms. The fourth-order valence-corrected chi connectivity index (χ4v) is 0.777. The molecule has 0 heterocycles. The van der Waals surface area contributed by atoms with Crippen LogP contribution in [-0.4, -0.2) is 11.3 Å². The van der Waals surface area contributed by atoms with Crippen molar-refractivity contribution in [1.29, 1.82) is 0 Å². The lowest BCUT2D eigenvalue weighted by atomic mass is 10.3. The Labute approximate surface area is 77.9 Å². The molecule has 0 saturated carbocycles. The number of para-hydroxylation sites is 1. The molecule has 13 heavy (non-hydrogen) atoms. The van der Waals surface area contributed by atoms with Gasteiger partial charge in [0.05, 0.1) is 5.69 Å². The molecule has 0 radical (unpaired) electrons. The average molecular weight is 208 g/mol. The molecule has 5 heteroatoms. The van der Waals surface area contributed by atoms with E-state index in [9.17, 15) is 13.2 Å². The quantitative estimate of drug-likeness (QED) is 0.625. The van der Waals surface area contributed by atoms with Crippen molar-refractivity contribution in [3.05, 3.63) is 30.3 Å². The van der Waals surface area contributed by atoms with Gasteiger partial charge in [-0.25, -0.2) is 4.99 Å². The number of nitrogens with zero attached hydrogens (tertiary/aromatic N) is 1. The van der Waals surface area contributed by atoms with E-state index in [0.29, 0.717) is 0 Å². The fraction of sp³-hybridized carbons (Fsp3) is 0.125. The molecule has 0 N–H and O–H groups in total. The van der Waals surface area contributed by atoms with Gasteiger partial charge in [-0.3, -0.25) is 0 Å². The predicted molar refractivity (Wildman–Crippen MR) is 45.4 cm³/mol. The molecule has 1 nitrogen and oxygen atoms in total. The zero-order valence-corrected chi connectivity index (χ0v) is 7.10. The molecule has 0 saturated heterocycles. The lowest BCUT2D eigenvalue weighted by Gasteiger charge is -2.02. The lowest BCUT2D eigenvalue weighted by molar-refractivity contribution is -0.0558. The third-order valence-corrected chi connectivity index (χ3v) is 1.52. The van der Waals surface area contributed by atoms with Crippen molar-refractivity contribution in [2.24, 2.45) is 4.99 Å². The molecule has 1 aromatic rings. The van der Waals surface area contributed by atoms with Crippen LogP contribution in [-0.2, 0) is 0 Å². The highest BCUT2D eigenvalue weighted by atomic mass is 35.5. The summed E-state index contributed by atoms with van der Waals surface area (Å²) in [6.45, 7) is 0. The summed E-state index contributed by atoms with van der Waals surface area (Å²) in [5.41, 5.74) is 0.185. The van der Waals surface area contributed by atoms with Crippen molar-refractivity contribution in [3.63, 3.8) is 0 Å². The fourth-order valence-electron chi connectivity index (χ4n) is 0.679. The van der Waals surface area contributed by atoms with Crippen molar-refractivity contribution >= 4 is 22.5 Å². The summed E-state index contributed by atoms with van der Waals surface area (Å²) in [6.07, 6.45) is -4.57. The third-order valence-electron chi connectivity index (χ3n) is 1.22. The summed E-state index contributed by atoms with van der Waals surface area (Å²) in [5.74, 6) is 0. The minimum atomic E-state index is -4.57. The van der Waals surface area contributed by atoms with Crippen molar-refractivity contribution in [2.45, 2.75) is 6.18 Å². The van der Waals surface area contributed by atoms with Gasteiger partial charge in [0.25, 0.3) is 0 Å². The summed E-state index contributed by atoms with van der Waals surface area (Å²) in [7, 11) is 0. The largest absolute Gasteiger partial charge is 0.444 e. The topological polar surface area (TPSA) is 12.4 Å². The zero-order chi connectivity index (χ0) is 9.90. The molecular formula is C8H5ClF3N. The first-order chi connectivity index (χ1) is 6.00. The Morgan fingerprint density at radius 2 is 1.69 bits per heavy atom. The van der Waals surface area contributed by atoms with E-state index < -0.39 is 11.3 Å². The van der Waals surface area contributed by atoms with Crippen molar-refractivity contribution in [1.82, 2.24) is 0 Å². The molecule has 0 bridgehead atoms. The normalized spacial score (nSPS) is 13.1. The monoisotopic (exact) mass is 207 g/mol. The van der Waals surface area contributed by atoms with Crippen LogP contribution in [0.1, 0.15) is 0 Å². The van der Waals surface area contributed by atoms with Gasteiger partial charge in [0.15, 0.2) is 0 Å². The van der Waals surface area contributed by atoms with E-state index in [1.165, 1.54) is 12.1 Å². The second-order valence-corrected chi connectivity index (χ2v) is 2.59. The first kappa shape index (κ1) is 10.1. The SMILES string of the molecule is FC(F)(F)/C(Cl)=N/c1ccccc1. The van der Waals surface area contributed by atoms with Crippen molar-refractivity contribution in [2.75, 3.05) is 0 Å². The number of aliphatic imine (C=N–C) groups is 1. The number of hydrogen-bond donors (Lipinski definition) is 0. The second kappa shape index (κ2) is 3.79. The van der Waals surface area contributed by atoms with Gasteiger partial charge in [-0.2, -0.15) is 13.2 Å². The molecule has 1 rings (SSSR count). The van der Waals surface area contributed by atoms with E-state index in [1.807, 2.05) is 0 Å². The Morgan fingerprint density at radius 1 is 1.15 bits per heavy atom. The first-order valence-corrected chi connectivity index (χ1v) is 3.74. The minimum absolute atomic E-state index is 0.185. The number of benzene rings is 1. The van der Waals surface area contributed by atoms with Crippen LogP contribution >= 0.6 is 11.6 Å². The van der Waals surface area contributed by atoms with Gasteiger partial charge in [0.1, 0.15) is 0 Å². The molecule has 0 unspecified atom stereocenters. The number of alkyl halides is 3. The standard InChI is InChI=1S/C8H5ClF3N/c9-7(8(10,11)12)13-6-4-2-1-3-5-6/h1-5H/b13-7-. The Kier molecular flexibility index (Phi) is 2.93. The van der Waals surface area contributed by atoms with E-state index in [-0.39, 0.29) is 5.69 Å². The second-order valence-electron chi connectivity index (χ2n) is 2.24. The molecule has 0 aliphatic carbocycles. The van der Waals surface area contributed by atoms with Crippen LogP contribution in [0.3, 0.4) is 0 Å². The first-order valence-electron chi connectivity index (χ1n) is 3.36. The van der Waals surface area contributed by atoms with E-state index >= 15 is 0 Å². The zero-order valence-electron chi connectivity index (χ0n) is 6.35. The number of hydrogen-bond acceptors (Lipinski definition) is 1. The van der Waals surface area contributed by atoms with Crippen LogP contribution in [0, 0.1) is 0 Å². The van der Waals surface area contributed by atoms with Crippen LogP contribution in [0.25, 0.3) is 0 Å². The van der Waals surface area contributed by atoms with Crippen LogP contribution < -0.4 is 0 Å². The average Bonchev–Trinajstić information content (AvgIpc) is 2.04. The van der Waals surface area contributed by atoms with Crippen LogP contribution in [0.5, 0.6) is 0 Å². The summed E-state index contributed by atoms with van der Waals surface area (Å²) in [6, 6.07) is 7.72. The maximum atomic E-state index is 11.9. The lowest BCUT2D eigenvalue weighted by Crippen LogP contribution is -2.16. The van der Waals surface area contributed by atoms with Crippen LogP contribution in [0.2, 0.25) is 0 Å². The van der Waals surface area contributed by atoms with E-state index in [2.05, 4.69) is 4.99 Å². The Bertz CT molecular complexity index is 305. The van der Waals surface area contributed by atoms with Gasteiger partial charge >= 0.3 is 6.18 Å². The third kappa shape index (κ3) is 3.06. The molecule has 0 amide bonds. The summed E-state index contributed by atoms with van der Waals surface area (Å²) >= 11 is 4.92. The number of halogens is 4. The van der Waals surface area contributed by atoms with Crippen LogP contribution in [0.15, 0.2) is 35.3 Å². The molecule has 0 fully saturated rings. The summed E-state index contributed by atoms with van der Waals surface area (Å²) < 4.78 is 35.6. The predicted octanol–water partition coefficient (Wildman–Crippen LogP) is 3.52. The summed E-state index contributed by atoms with van der Waals surface area (Å²) in [4.78, 5) is 3.19. The van der Waals surface area contributed by atoms with Gasteiger partial charge in [-0.05, 0) is 12.1 Å². The van der Waals surface area contributed by atoms with E-state index in [0.717, 1.165) is 0 Å². The maximum absolute atomic E-state index is 11.9. The Hall–Kier alpha value is -1.03. The maximum Gasteiger partial charge on any atom is 0.444 e. The molecule has 0 aromatic heterocycles. The van der Waals surface area contributed by atoms with Gasteiger partial charge in [-0.15, -0.1) is 0 Å². The highest BCUT2D eigenvalue weighted by molar-refractivity contribution is 6.67. The van der Waals surface area contributed by atoms with Gasteiger partial charge in [-0.1, -0.05) is 29.8 Å². The highest BCUT2D eigenvalue weighted by Gasteiger charge is 2.34. The minimum Gasteiger partial charge on any atom is -0.232 e. The van der Waals surface area contributed by atoms with Crippen molar-refractivity contribution < 1.29 is 13.2 Å². The molecule has 0 aliphatic rings. The summed E-state index contributed by atoms with van der Waals surface area (Å²) in [5, 5.41) is -1.36. The van der Waals surface area contributed by atoms with Gasteiger partial charge in [0, 0.05) is 0 Å². The van der Waals surface area contributed by atoms with Gasteiger partial charge < -0.3 is 0 Å².